The van der Waals surface area contributed by atoms with E-state index in [1.54, 1.807) is 14.2 Å². The number of nitrogens with one attached hydrogen (secondary N) is 1. The summed E-state index contributed by atoms with van der Waals surface area (Å²) >= 11 is 3.61. The van der Waals surface area contributed by atoms with Gasteiger partial charge >= 0.3 is 0 Å². The molecule has 1 aliphatic rings. The molecule has 106 valence electrons. The Labute approximate surface area is 123 Å². The largest absolute Gasteiger partial charge is 0.496 e. The molecule has 1 saturated heterocycles. The maximum Gasteiger partial charge on any atom is 0.138 e. The number of piperazine rings is 1. The number of halogens is 1. The Balaban J connectivity index is 2.29. The molecule has 4 nitrogen and oxygen atoms in total. The number of ether oxygens (including phenoxy) is 2. The number of rotatable bonds is 4. The van der Waals surface area contributed by atoms with Crippen molar-refractivity contribution in [3.05, 3.63) is 21.7 Å². The van der Waals surface area contributed by atoms with E-state index in [1.807, 2.05) is 6.92 Å². The fraction of sp³-hybridized carbons (Fsp3) is 0.571. The Morgan fingerprint density at radius 1 is 1.26 bits per heavy atom. The van der Waals surface area contributed by atoms with Gasteiger partial charge in [-0.25, -0.2) is 0 Å². The van der Waals surface area contributed by atoms with Crippen molar-refractivity contribution >= 4 is 15.9 Å². The molecule has 0 saturated carbocycles. The van der Waals surface area contributed by atoms with Crippen LogP contribution in [-0.4, -0.2) is 45.3 Å². The minimum atomic E-state index is 0.889. The molecule has 0 unspecified atom stereocenters. The van der Waals surface area contributed by atoms with Crippen LogP contribution in [0.1, 0.15) is 11.1 Å². The second-order valence-electron chi connectivity index (χ2n) is 4.74. The van der Waals surface area contributed by atoms with E-state index in [9.17, 15) is 0 Å². The van der Waals surface area contributed by atoms with E-state index in [2.05, 4.69) is 32.2 Å². The lowest BCUT2D eigenvalue weighted by Crippen LogP contribution is -2.42. The van der Waals surface area contributed by atoms with Gasteiger partial charge in [0.15, 0.2) is 0 Å². The summed E-state index contributed by atoms with van der Waals surface area (Å²) in [5, 5.41) is 3.37. The van der Waals surface area contributed by atoms with Gasteiger partial charge in [0.2, 0.25) is 0 Å². The first-order valence-corrected chi connectivity index (χ1v) is 7.29. The summed E-state index contributed by atoms with van der Waals surface area (Å²) in [5.74, 6) is 1.81. The summed E-state index contributed by atoms with van der Waals surface area (Å²) in [7, 11) is 3.42. The van der Waals surface area contributed by atoms with Crippen LogP contribution in [0.3, 0.4) is 0 Å². The lowest BCUT2D eigenvalue weighted by atomic mass is 10.1. The molecule has 0 aromatic heterocycles. The first-order chi connectivity index (χ1) is 9.17. The maximum absolute atomic E-state index is 5.55. The van der Waals surface area contributed by atoms with Crippen LogP contribution in [0.4, 0.5) is 0 Å². The van der Waals surface area contributed by atoms with E-state index in [1.165, 1.54) is 5.56 Å². The van der Waals surface area contributed by atoms with Crippen LogP contribution in [0.5, 0.6) is 11.5 Å². The molecule has 1 heterocycles. The first kappa shape index (κ1) is 14.6. The van der Waals surface area contributed by atoms with Crippen LogP contribution in [0.25, 0.3) is 0 Å². The third kappa shape index (κ3) is 3.22. The predicted molar refractivity (Wildman–Crippen MR) is 80.1 cm³/mol. The minimum absolute atomic E-state index is 0.889. The van der Waals surface area contributed by atoms with Gasteiger partial charge in [0.25, 0.3) is 0 Å². The molecule has 5 heteroatoms. The van der Waals surface area contributed by atoms with Crippen molar-refractivity contribution in [1.82, 2.24) is 10.2 Å². The fourth-order valence-corrected chi connectivity index (χ4v) is 3.02. The van der Waals surface area contributed by atoms with Crippen LogP contribution < -0.4 is 14.8 Å². The molecule has 0 radical (unpaired) electrons. The number of nitrogens with zero attached hydrogens (tertiary/aromatic N) is 1. The van der Waals surface area contributed by atoms with Gasteiger partial charge in [0, 0.05) is 43.9 Å². The number of benzene rings is 1. The van der Waals surface area contributed by atoms with E-state index in [0.717, 1.165) is 54.3 Å². The normalized spacial score (nSPS) is 16.4. The highest BCUT2D eigenvalue weighted by molar-refractivity contribution is 9.10. The molecule has 0 aliphatic carbocycles. The molecular weight excluding hydrogens is 308 g/mol. The van der Waals surface area contributed by atoms with Crippen molar-refractivity contribution in [2.45, 2.75) is 13.5 Å². The van der Waals surface area contributed by atoms with Crippen LogP contribution >= 0.6 is 15.9 Å². The topological polar surface area (TPSA) is 33.7 Å². The van der Waals surface area contributed by atoms with E-state index >= 15 is 0 Å². The van der Waals surface area contributed by atoms with Crippen molar-refractivity contribution in [3.63, 3.8) is 0 Å². The summed E-state index contributed by atoms with van der Waals surface area (Å²) in [6.45, 7) is 7.15. The van der Waals surface area contributed by atoms with Crippen LogP contribution in [-0.2, 0) is 6.54 Å². The first-order valence-electron chi connectivity index (χ1n) is 6.50. The summed E-state index contributed by atoms with van der Waals surface area (Å²) in [6.07, 6.45) is 0. The van der Waals surface area contributed by atoms with E-state index in [0.29, 0.717) is 0 Å². The lowest BCUT2D eigenvalue weighted by molar-refractivity contribution is 0.229. The summed E-state index contributed by atoms with van der Waals surface area (Å²) in [5.41, 5.74) is 2.24. The Morgan fingerprint density at radius 3 is 2.53 bits per heavy atom. The molecule has 0 spiro atoms. The van der Waals surface area contributed by atoms with Crippen molar-refractivity contribution in [2.24, 2.45) is 0 Å². The standard InChI is InChI=1S/C14H21BrN2O2/c1-10-12(18-2)8-11(14(19-3)13(10)15)9-17-6-4-16-5-7-17/h8,16H,4-7,9H2,1-3H3. The van der Waals surface area contributed by atoms with Crippen molar-refractivity contribution in [1.29, 1.82) is 0 Å². The highest BCUT2D eigenvalue weighted by atomic mass is 79.9. The molecule has 0 atom stereocenters. The van der Waals surface area contributed by atoms with Gasteiger partial charge in [0.1, 0.15) is 11.5 Å². The SMILES string of the molecule is COc1cc(CN2CCNCC2)c(OC)c(Br)c1C. The highest BCUT2D eigenvalue weighted by Gasteiger charge is 2.18. The Hall–Kier alpha value is -0.780. The second kappa shape index (κ2) is 6.59. The summed E-state index contributed by atoms with van der Waals surface area (Å²) in [6, 6.07) is 2.08. The average molecular weight is 329 g/mol. The predicted octanol–water partition coefficient (Wildman–Crippen LogP) is 2.18. The molecule has 1 aliphatic heterocycles. The lowest BCUT2D eigenvalue weighted by Gasteiger charge is -2.28. The van der Waals surface area contributed by atoms with Crippen molar-refractivity contribution in [3.8, 4) is 11.5 Å². The van der Waals surface area contributed by atoms with Gasteiger partial charge in [-0.3, -0.25) is 4.90 Å². The fourth-order valence-electron chi connectivity index (χ4n) is 2.41. The number of hydrogen-bond acceptors (Lipinski definition) is 4. The maximum atomic E-state index is 5.55. The molecule has 1 aromatic carbocycles. The van der Waals surface area contributed by atoms with E-state index < -0.39 is 0 Å². The van der Waals surface area contributed by atoms with Gasteiger partial charge in [-0.2, -0.15) is 0 Å². The smallest absolute Gasteiger partial charge is 0.138 e. The van der Waals surface area contributed by atoms with Gasteiger partial charge in [-0.1, -0.05) is 0 Å². The number of hydrogen-bond donors (Lipinski definition) is 1. The molecule has 1 aromatic rings. The van der Waals surface area contributed by atoms with Crippen LogP contribution in [0.15, 0.2) is 10.5 Å². The zero-order valence-corrected chi connectivity index (χ0v) is 13.3. The van der Waals surface area contributed by atoms with Crippen LogP contribution in [0.2, 0.25) is 0 Å². The van der Waals surface area contributed by atoms with Gasteiger partial charge in [-0.05, 0) is 28.9 Å². The molecule has 2 rings (SSSR count). The Bertz CT molecular complexity index is 446. The van der Waals surface area contributed by atoms with E-state index in [4.69, 9.17) is 9.47 Å². The molecule has 1 N–H and O–H groups in total. The quantitative estimate of drug-likeness (QED) is 0.918. The zero-order valence-electron chi connectivity index (χ0n) is 11.8. The monoisotopic (exact) mass is 328 g/mol. The van der Waals surface area contributed by atoms with Crippen molar-refractivity contribution < 1.29 is 9.47 Å². The molecule has 0 amide bonds. The summed E-state index contributed by atoms with van der Waals surface area (Å²) in [4.78, 5) is 2.43. The molecule has 1 fully saturated rings. The van der Waals surface area contributed by atoms with Crippen LogP contribution in [0, 0.1) is 6.92 Å². The second-order valence-corrected chi connectivity index (χ2v) is 5.53. The average Bonchev–Trinajstić information content (AvgIpc) is 2.44. The molecular formula is C14H21BrN2O2. The number of methoxy groups -OCH3 is 2. The highest BCUT2D eigenvalue weighted by Crippen LogP contribution is 2.38. The van der Waals surface area contributed by atoms with Gasteiger partial charge < -0.3 is 14.8 Å². The molecule has 0 bridgehead atoms. The summed E-state index contributed by atoms with van der Waals surface area (Å²) < 4.78 is 12.0. The van der Waals surface area contributed by atoms with Gasteiger partial charge in [0.05, 0.1) is 18.7 Å². The Kier molecular flexibility index (Phi) is 5.07. The van der Waals surface area contributed by atoms with Gasteiger partial charge in [-0.15, -0.1) is 0 Å². The Morgan fingerprint density at radius 2 is 1.95 bits per heavy atom. The third-order valence-electron chi connectivity index (χ3n) is 3.52. The zero-order chi connectivity index (χ0) is 13.8. The van der Waals surface area contributed by atoms with Crippen molar-refractivity contribution in [2.75, 3.05) is 40.4 Å². The third-order valence-corrected chi connectivity index (χ3v) is 4.48. The van der Waals surface area contributed by atoms with E-state index in [-0.39, 0.29) is 0 Å². The molecule has 19 heavy (non-hydrogen) atoms. The minimum Gasteiger partial charge on any atom is -0.496 e.